The number of aromatic nitrogens is 2. The van der Waals surface area contributed by atoms with Gasteiger partial charge in [-0.25, -0.2) is 4.68 Å². The molecule has 1 amide bonds. The fourth-order valence-corrected chi connectivity index (χ4v) is 3.54. The second kappa shape index (κ2) is 7.97. The third-order valence-corrected chi connectivity index (χ3v) is 5.37. The number of amides is 1. The summed E-state index contributed by atoms with van der Waals surface area (Å²) in [5.41, 5.74) is 1.80. The Morgan fingerprint density at radius 3 is 2.57 bits per heavy atom. The number of nitrogens with zero attached hydrogens (tertiary/aromatic N) is 2. The van der Waals surface area contributed by atoms with Crippen molar-refractivity contribution in [1.29, 1.82) is 0 Å². The van der Waals surface area contributed by atoms with Gasteiger partial charge in [0.05, 0.1) is 28.7 Å². The molecule has 1 heterocycles. The average Bonchev–Trinajstić information content (AvgIpc) is 3.49. The minimum Gasteiger partial charge on any atom is -0.351 e. The molecule has 1 aliphatic rings. The number of halogens is 3. The van der Waals surface area contributed by atoms with Crippen LogP contribution in [0.5, 0.6) is 0 Å². The first kappa shape index (κ1) is 20.2. The van der Waals surface area contributed by atoms with Crippen LogP contribution in [0.1, 0.15) is 58.8 Å². The molecular weight excluding hydrogens is 391 g/mol. The molecule has 0 aliphatic heterocycles. The molecule has 1 fully saturated rings. The highest BCUT2D eigenvalue weighted by Crippen LogP contribution is 2.42. The Labute approximate surface area is 172 Å². The van der Waals surface area contributed by atoms with Crippen LogP contribution in [0.2, 0.25) is 0 Å². The van der Waals surface area contributed by atoms with E-state index in [1.54, 1.807) is 6.07 Å². The molecule has 4 nitrogen and oxygen atoms in total. The molecule has 1 atom stereocenters. The van der Waals surface area contributed by atoms with Crippen molar-refractivity contribution in [2.45, 2.75) is 37.8 Å². The van der Waals surface area contributed by atoms with E-state index < -0.39 is 11.7 Å². The first-order valence-corrected chi connectivity index (χ1v) is 9.93. The van der Waals surface area contributed by atoms with Crippen molar-refractivity contribution in [2.24, 2.45) is 0 Å². The van der Waals surface area contributed by atoms with Gasteiger partial charge in [-0.1, -0.05) is 43.3 Å². The molecule has 1 aromatic heterocycles. The average molecular weight is 413 g/mol. The summed E-state index contributed by atoms with van der Waals surface area (Å²) in [7, 11) is 0. The quantitative estimate of drug-likeness (QED) is 0.596. The summed E-state index contributed by atoms with van der Waals surface area (Å²) in [4.78, 5) is 12.9. The van der Waals surface area contributed by atoms with Gasteiger partial charge in [0.15, 0.2) is 0 Å². The monoisotopic (exact) mass is 413 g/mol. The fourth-order valence-electron chi connectivity index (χ4n) is 3.54. The van der Waals surface area contributed by atoms with Crippen molar-refractivity contribution >= 4 is 5.91 Å². The van der Waals surface area contributed by atoms with Gasteiger partial charge in [0.2, 0.25) is 0 Å². The third-order valence-electron chi connectivity index (χ3n) is 5.37. The summed E-state index contributed by atoms with van der Waals surface area (Å²) in [5.74, 6) is 0.0188. The molecular formula is C23H22F3N3O. The van der Waals surface area contributed by atoms with Crippen LogP contribution in [0.4, 0.5) is 13.2 Å². The van der Waals surface area contributed by atoms with Gasteiger partial charge in [0, 0.05) is 12.5 Å². The molecule has 7 heteroatoms. The Hall–Kier alpha value is -3.09. The van der Waals surface area contributed by atoms with Gasteiger partial charge in [-0.05, 0) is 42.5 Å². The molecule has 0 radical (unpaired) electrons. The third kappa shape index (κ3) is 4.25. The van der Waals surface area contributed by atoms with Crippen molar-refractivity contribution in [3.05, 3.63) is 83.2 Å². The molecule has 1 N–H and O–H groups in total. The molecule has 0 saturated heterocycles. The molecule has 30 heavy (non-hydrogen) atoms. The molecule has 3 aromatic rings. The van der Waals surface area contributed by atoms with Gasteiger partial charge in [0.25, 0.3) is 5.91 Å². The topological polar surface area (TPSA) is 46.9 Å². The van der Waals surface area contributed by atoms with E-state index in [1.807, 2.05) is 37.3 Å². The highest BCUT2D eigenvalue weighted by Gasteiger charge is 2.34. The van der Waals surface area contributed by atoms with Gasteiger partial charge >= 0.3 is 6.18 Å². The minimum absolute atomic E-state index is 0.134. The SMILES string of the molecule is CC(CNC(=O)c1cnn(-c2cccc(C(F)(F)F)c2)c1C1CC1)c1ccccc1. The highest BCUT2D eigenvalue weighted by molar-refractivity contribution is 5.95. The number of benzene rings is 2. The van der Waals surface area contributed by atoms with Crippen LogP contribution < -0.4 is 5.32 Å². The van der Waals surface area contributed by atoms with Crippen LogP contribution >= 0.6 is 0 Å². The van der Waals surface area contributed by atoms with Crippen molar-refractivity contribution in [3.8, 4) is 5.69 Å². The Morgan fingerprint density at radius 2 is 1.90 bits per heavy atom. The Bertz CT molecular complexity index is 1040. The van der Waals surface area contributed by atoms with Crippen LogP contribution in [-0.4, -0.2) is 22.2 Å². The number of rotatable bonds is 6. The van der Waals surface area contributed by atoms with E-state index in [2.05, 4.69) is 10.4 Å². The lowest BCUT2D eigenvalue weighted by Gasteiger charge is -2.14. The molecule has 0 spiro atoms. The van der Waals surface area contributed by atoms with E-state index in [9.17, 15) is 18.0 Å². The minimum atomic E-state index is -4.43. The molecule has 4 rings (SSSR count). The van der Waals surface area contributed by atoms with Gasteiger partial charge in [0.1, 0.15) is 0 Å². The largest absolute Gasteiger partial charge is 0.416 e. The van der Waals surface area contributed by atoms with E-state index in [4.69, 9.17) is 0 Å². The van der Waals surface area contributed by atoms with Crippen LogP contribution in [0.15, 0.2) is 60.8 Å². The number of hydrogen-bond donors (Lipinski definition) is 1. The van der Waals surface area contributed by atoms with E-state index in [0.717, 1.165) is 30.5 Å². The number of nitrogens with one attached hydrogen (secondary N) is 1. The van der Waals surface area contributed by atoms with Gasteiger partial charge in [-0.15, -0.1) is 0 Å². The molecule has 156 valence electrons. The van der Waals surface area contributed by atoms with Crippen molar-refractivity contribution < 1.29 is 18.0 Å². The zero-order valence-corrected chi connectivity index (χ0v) is 16.5. The fraction of sp³-hybridized carbons (Fsp3) is 0.304. The molecule has 1 aliphatic carbocycles. The van der Waals surface area contributed by atoms with Gasteiger partial charge in [-0.3, -0.25) is 4.79 Å². The predicted octanol–water partition coefficient (Wildman–Crippen LogP) is 5.30. The van der Waals surface area contributed by atoms with E-state index in [-0.39, 0.29) is 17.7 Å². The molecule has 0 bridgehead atoms. The molecule has 2 aromatic carbocycles. The summed E-state index contributed by atoms with van der Waals surface area (Å²) in [5, 5.41) is 7.21. The standard InChI is InChI=1S/C23H22F3N3O/c1-15(16-6-3-2-4-7-16)13-27-22(30)20-14-28-29(21(20)17-10-11-17)19-9-5-8-18(12-19)23(24,25)26/h2-9,12,14-15,17H,10-11,13H2,1H3,(H,27,30). The predicted molar refractivity (Wildman–Crippen MR) is 108 cm³/mol. The lowest BCUT2D eigenvalue weighted by atomic mass is 10.0. The molecule has 1 unspecified atom stereocenters. The van der Waals surface area contributed by atoms with E-state index in [1.165, 1.54) is 16.9 Å². The summed E-state index contributed by atoms with van der Waals surface area (Å²) in [6.07, 6.45) is -1.19. The highest BCUT2D eigenvalue weighted by atomic mass is 19.4. The Kier molecular flexibility index (Phi) is 5.37. The Balaban J connectivity index is 1.57. The lowest BCUT2D eigenvalue weighted by Crippen LogP contribution is -2.28. The van der Waals surface area contributed by atoms with Crippen LogP contribution in [0, 0.1) is 0 Å². The summed E-state index contributed by atoms with van der Waals surface area (Å²) in [6, 6.07) is 14.9. The van der Waals surface area contributed by atoms with E-state index in [0.29, 0.717) is 23.5 Å². The number of alkyl halides is 3. The summed E-state index contributed by atoms with van der Waals surface area (Å²) in [6.45, 7) is 2.49. The van der Waals surface area contributed by atoms with Crippen molar-refractivity contribution in [1.82, 2.24) is 15.1 Å². The zero-order valence-electron chi connectivity index (χ0n) is 16.5. The van der Waals surface area contributed by atoms with E-state index >= 15 is 0 Å². The number of carbonyl (C=O) groups is 1. The smallest absolute Gasteiger partial charge is 0.351 e. The van der Waals surface area contributed by atoms with Crippen LogP contribution in [-0.2, 0) is 6.18 Å². The second-order valence-corrected chi connectivity index (χ2v) is 7.70. The number of carbonyl (C=O) groups excluding carboxylic acids is 1. The van der Waals surface area contributed by atoms with Crippen LogP contribution in [0.25, 0.3) is 5.69 Å². The first-order chi connectivity index (χ1) is 14.3. The molecule has 1 saturated carbocycles. The maximum atomic E-state index is 13.1. The maximum Gasteiger partial charge on any atom is 0.416 e. The normalized spacial score (nSPS) is 15.1. The summed E-state index contributed by atoms with van der Waals surface area (Å²) < 4.78 is 40.8. The second-order valence-electron chi connectivity index (χ2n) is 7.70. The van der Waals surface area contributed by atoms with Gasteiger partial charge < -0.3 is 5.32 Å². The maximum absolute atomic E-state index is 13.1. The first-order valence-electron chi connectivity index (χ1n) is 9.93. The van der Waals surface area contributed by atoms with Crippen molar-refractivity contribution in [3.63, 3.8) is 0 Å². The van der Waals surface area contributed by atoms with Crippen LogP contribution in [0.3, 0.4) is 0 Å². The Morgan fingerprint density at radius 1 is 1.17 bits per heavy atom. The zero-order chi connectivity index (χ0) is 21.3. The van der Waals surface area contributed by atoms with Crippen molar-refractivity contribution in [2.75, 3.05) is 6.54 Å². The summed E-state index contributed by atoms with van der Waals surface area (Å²) >= 11 is 0. The number of hydrogen-bond acceptors (Lipinski definition) is 2. The lowest BCUT2D eigenvalue weighted by molar-refractivity contribution is -0.137. The van der Waals surface area contributed by atoms with Gasteiger partial charge in [-0.2, -0.15) is 18.3 Å².